The zero-order valence-electron chi connectivity index (χ0n) is 13.2. The summed E-state index contributed by atoms with van der Waals surface area (Å²) in [6, 6.07) is 5.96. The molecule has 0 aliphatic carbocycles. The van der Waals surface area contributed by atoms with E-state index < -0.39 is 0 Å². The number of anilines is 2. The molecule has 3 N–H and O–H groups in total. The zero-order valence-corrected chi connectivity index (χ0v) is 13.2. The van der Waals surface area contributed by atoms with Gasteiger partial charge in [-0.05, 0) is 60.2 Å². The first-order chi connectivity index (χ1) is 11.3. The number of hydrogen-bond donors (Lipinski definition) is 2. The van der Waals surface area contributed by atoms with Crippen molar-refractivity contribution in [3.05, 3.63) is 41.0 Å². The van der Waals surface area contributed by atoms with Crippen molar-refractivity contribution >= 4 is 23.7 Å². The van der Waals surface area contributed by atoms with E-state index in [9.17, 15) is 0 Å². The van der Waals surface area contributed by atoms with Gasteiger partial charge < -0.3 is 15.8 Å². The molecule has 3 heterocycles. The first-order valence-electron chi connectivity index (χ1n) is 8.26. The Hall–Kier alpha value is -2.27. The van der Waals surface area contributed by atoms with E-state index in [0.717, 1.165) is 49.5 Å². The SMILES string of the molecule is Nc1ccc2c(c1)C=C(C1=CCN(C3CCCCO3)N=C1)CN2. The number of rotatable bonds is 2. The third-order valence-corrected chi connectivity index (χ3v) is 4.58. The van der Waals surface area contributed by atoms with Gasteiger partial charge in [0.05, 0.1) is 12.8 Å². The van der Waals surface area contributed by atoms with Crippen LogP contribution in [0.1, 0.15) is 24.8 Å². The van der Waals surface area contributed by atoms with E-state index in [0.29, 0.717) is 0 Å². The molecule has 5 heteroatoms. The summed E-state index contributed by atoms with van der Waals surface area (Å²) >= 11 is 0. The first-order valence-corrected chi connectivity index (χ1v) is 8.26. The zero-order chi connectivity index (χ0) is 15.6. The van der Waals surface area contributed by atoms with Crippen LogP contribution in [0.5, 0.6) is 0 Å². The number of nitrogen functional groups attached to an aromatic ring is 1. The molecule has 120 valence electrons. The van der Waals surface area contributed by atoms with Crippen molar-refractivity contribution in [1.82, 2.24) is 5.01 Å². The van der Waals surface area contributed by atoms with E-state index in [2.05, 4.69) is 22.6 Å². The fourth-order valence-electron chi connectivity index (χ4n) is 3.27. The fourth-order valence-corrected chi connectivity index (χ4v) is 3.27. The van der Waals surface area contributed by atoms with Crippen LogP contribution in [0.25, 0.3) is 6.08 Å². The lowest BCUT2D eigenvalue weighted by molar-refractivity contribution is -0.0810. The number of benzene rings is 1. The maximum Gasteiger partial charge on any atom is 0.146 e. The molecule has 23 heavy (non-hydrogen) atoms. The highest BCUT2D eigenvalue weighted by molar-refractivity contribution is 5.90. The van der Waals surface area contributed by atoms with Gasteiger partial charge in [0.1, 0.15) is 6.23 Å². The molecule has 5 nitrogen and oxygen atoms in total. The fraction of sp³-hybridized carbons (Fsp3) is 0.389. The van der Waals surface area contributed by atoms with Crippen LogP contribution >= 0.6 is 0 Å². The van der Waals surface area contributed by atoms with Gasteiger partial charge in [-0.25, -0.2) is 0 Å². The lowest BCUT2D eigenvalue weighted by atomic mass is 9.98. The molecular formula is C18H22N4O. The van der Waals surface area contributed by atoms with Crippen LogP contribution in [-0.4, -0.2) is 37.1 Å². The molecule has 3 aliphatic rings. The van der Waals surface area contributed by atoms with E-state index in [1.165, 1.54) is 17.6 Å². The minimum absolute atomic E-state index is 0.136. The predicted molar refractivity (Wildman–Crippen MR) is 94.2 cm³/mol. The van der Waals surface area contributed by atoms with Crippen molar-refractivity contribution < 1.29 is 4.74 Å². The molecule has 1 aromatic carbocycles. The van der Waals surface area contributed by atoms with Gasteiger partial charge in [-0.1, -0.05) is 6.08 Å². The van der Waals surface area contributed by atoms with E-state index in [-0.39, 0.29) is 6.23 Å². The molecule has 0 spiro atoms. The Kier molecular flexibility index (Phi) is 3.79. The summed E-state index contributed by atoms with van der Waals surface area (Å²) in [6.07, 6.45) is 9.97. The Morgan fingerprint density at radius 2 is 2.26 bits per heavy atom. The second-order valence-corrected chi connectivity index (χ2v) is 6.22. The predicted octanol–water partition coefficient (Wildman–Crippen LogP) is 2.83. The average Bonchev–Trinajstić information content (AvgIpc) is 2.62. The van der Waals surface area contributed by atoms with Crippen molar-refractivity contribution in [3.8, 4) is 0 Å². The van der Waals surface area contributed by atoms with Crippen LogP contribution in [0.2, 0.25) is 0 Å². The molecule has 1 aromatic rings. The number of ether oxygens (including phenoxy) is 1. The van der Waals surface area contributed by atoms with E-state index in [1.807, 2.05) is 29.4 Å². The molecule has 1 fully saturated rings. The number of hydrogen-bond acceptors (Lipinski definition) is 5. The summed E-state index contributed by atoms with van der Waals surface area (Å²) in [4.78, 5) is 0. The topological polar surface area (TPSA) is 62.9 Å². The maximum absolute atomic E-state index is 5.89. The number of fused-ring (bicyclic) bond motifs is 1. The van der Waals surface area contributed by atoms with Gasteiger partial charge in [0, 0.05) is 24.5 Å². The third-order valence-electron chi connectivity index (χ3n) is 4.58. The Labute approximate surface area is 136 Å². The molecule has 0 aromatic heterocycles. The van der Waals surface area contributed by atoms with E-state index >= 15 is 0 Å². The maximum atomic E-state index is 5.89. The normalized spacial score (nSPS) is 23.7. The van der Waals surface area contributed by atoms with Crippen molar-refractivity contribution in [3.63, 3.8) is 0 Å². The first kappa shape index (κ1) is 14.3. The monoisotopic (exact) mass is 310 g/mol. The van der Waals surface area contributed by atoms with Crippen molar-refractivity contribution in [2.45, 2.75) is 25.5 Å². The van der Waals surface area contributed by atoms with Gasteiger partial charge in [-0.2, -0.15) is 5.10 Å². The van der Waals surface area contributed by atoms with Crippen LogP contribution in [0.4, 0.5) is 11.4 Å². The summed E-state index contributed by atoms with van der Waals surface area (Å²) < 4.78 is 5.80. The molecule has 0 amide bonds. The highest BCUT2D eigenvalue weighted by atomic mass is 16.5. The Morgan fingerprint density at radius 1 is 1.30 bits per heavy atom. The van der Waals surface area contributed by atoms with Crippen LogP contribution in [0.15, 0.2) is 40.5 Å². The second kappa shape index (κ2) is 6.08. The van der Waals surface area contributed by atoms with Gasteiger partial charge in [0.25, 0.3) is 0 Å². The molecule has 0 bridgehead atoms. The molecule has 3 aliphatic heterocycles. The van der Waals surface area contributed by atoms with Gasteiger partial charge >= 0.3 is 0 Å². The number of nitrogens with zero attached hydrogens (tertiary/aromatic N) is 2. The molecular weight excluding hydrogens is 288 g/mol. The minimum Gasteiger partial charge on any atom is -0.399 e. The minimum atomic E-state index is 0.136. The van der Waals surface area contributed by atoms with Crippen LogP contribution in [-0.2, 0) is 4.74 Å². The van der Waals surface area contributed by atoms with Gasteiger partial charge in [-0.15, -0.1) is 0 Å². The van der Waals surface area contributed by atoms with Crippen molar-refractivity contribution in [1.29, 1.82) is 0 Å². The standard InChI is InChI=1S/C18H22N4O/c19-16-4-5-17-14(10-16)9-15(11-20-17)13-6-7-22(21-12-13)18-3-1-2-8-23-18/h4-6,9-10,12,18,20H,1-3,7-8,11,19H2. The van der Waals surface area contributed by atoms with E-state index in [1.54, 1.807) is 0 Å². The number of hydrazone groups is 1. The Bertz CT molecular complexity index is 686. The van der Waals surface area contributed by atoms with Gasteiger partial charge in [-0.3, -0.25) is 5.01 Å². The van der Waals surface area contributed by atoms with Crippen LogP contribution in [0.3, 0.4) is 0 Å². The summed E-state index contributed by atoms with van der Waals surface area (Å²) in [5.41, 5.74) is 11.4. The van der Waals surface area contributed by atoms with Crippen molar-refractivity contribution in [2.24, 2.45) is 5.10 Å². The highest BCUT2D eigenvalue weighted by Gasteiger charge is 2.22. The molecule has 0 saturated carbocycles. The smallest absolute Gasteiger partial charge is 0.146 e. The summed E-state index contributed by atoms with van der Waals surface area (Å²) in [7, 11) is 0. The Balaban J connectivity index is 1.49. The average molecular weight is 310 g/mol. The van der Waals surface area contributed by atoms with Crippen molar-refractivity contribution in [2.75, 3.05) is 30.7 Å². The lowest BCUT2D eigenvalue weighted by Crippen LogP contribution is -2.37. The second-order valence-electron chi connectivity index (χ2n) is 6.22. The molecule has 4 rings (SSSR count). The summed E-state index contributed by atoms with van der Waals surface area (Å²) in [5.74, 6) is 0. The van der Waals surface area contributed by atoms with E-state index in [4.69, 9.17) is 10.5 Å². The third kappa shape index (κ3) is 2.97. The summed E-state index contributed by atoms with van der Waals surface area (Å²) in [6.45, 7) is 2.47. The molecule has 1 atom stereocenters. The largest absolute Gasteiger partial charge is 0.399 e. The highest BCUT2D eigenvalue weighted by Crippen LogP contribution is 2.29. The summed E-state index contributed by atoms with van der Waals surface area (Å²) in [5, 5.41) is 10.1. The van der Waals surface area contributed by atoms with Crippen LogP contribution < -0.4 is 11.1 Å². The quantitative estimate of drug-likeness (QED) is 0.825. The lowest BCUT2D eigenvalue weighted by Gasteiger charge is -2.33. The Morgan fingerprint density at radius 3 is 3.04 bits per heavy atom. The van der Waals surface area contributed by atoms with Crippen LogP contribution in [0, 0.1) is 0 Å². The number of nitrogens with two attached hydrogens (primary N) is 1. The molecule has 0 radical (unpaired) electrons. The molecule has 1 saturated heterocycles. The van der Waals surface area contributed by atoms with Gasteiger partial charge in [0.15, 0.2) is 0 Å². The number of nitrogens with one attached hydrogen (secondary N) is 1. The molecule has 1 unspecified atom stereocenters. The van der Waals surface area contributed by atoms with Gasteiger partial charge in [0.2, 0.25) is 0 Å².